The highest BCUT2D eigenvalue weighted by molar-refractivity contribution is 7.99. The number of fused-ring (bicyclic) bond motifs is 4. The number of nitrogens with zero attached hydrogens (tertiary/aromatic N) is 2. The van der Waals surface area contributed by atoms with Crippen molar-refractivity contribution in [1.82, 2.24) is 9.55 Å². The monoisotopic (exact) mass is 460 g/mol. The van der Waals surface area contributed by atoms with E-state index in [2.05, 4.69) is 31.2 Å². The van der Waals surface area contributed by atoms with Gasteiger partial charge in [-0.2, -0.15) is 0 Å². The zero-order chi connectivity index (χ0) is 22.8. The zero-order valence-corrected chi connectivity index (χ0v) is 20.4. The molecule has 4 nitrogen and oxygen atoms in total. The average Bonchev–Trinajstić information content (AvgIpc) is 2.85. The molecule has 1 fully saturated rings. The van der Waals surface area contributed by atoms with E-state index in [0.717, 1.165) is 71.3 Å². The van der Waals surface area contributed by atoms with E-state index < -0.39 is 0 Å². The molecule has 2 aromatic carbocycles. The minimum absolute atomic E-state index is 0.104. The predicted molar refractivity (Wildman–Crippen MR) is 136 cm³/mol. The molecule has 1 aromatic heterocycles. The highest BCUT2D eigenvalue weighted by atomic mass is 32.2. The molecule has 0 aliphatic heterocycles. The van der Waals surface area contributed by atoms with Crippen molar-refractivity contribution < 1.29 is 4.74 Å². The smallest absolute Gasteiger partial charge is 0.263 e. The molecule has 5 heteroatoms. The first-order chi connectivity index (χ1) is 16.2. The molecular weight excluding hydrogens is 428 g/mol. The van der Waals surface area contributed by atoms with E-state index in [1.54, 1.807) is 18.9 Å². The summed E-state index contributed by atoms with van der Waals surface area (Å²) < 4.78 is 7.22. The van der Waals surface area contributed by atoms with E-state index in [1.165, 1.54) is 24.8 Å². The van der Waals surface area contributed by atoms with Gasteiger partial charge in [0.15, 0.2) is 5.16 Å². The van der Waals surface area contributed by atoms with Crippen LogP contribution in [0.25, 0.3) is 16.9 Å². The largest absolute Gasteiger partial charge is 0.497 e. The quantitative estimate of drug-likeness (QED) is 0.237. The summed E-state index contributed by atoms with van der Waals surface area (Å²) in [6.07, 6.45) is 8.90. The molecule has 0 radical (unpaired) electrons. The molecule has 0 unspecified atom stereocenters. The number of methoxy groups -OCH3 is 1. The summed E-state index contributed by atoms with van der Waals surface area (Å²) in [5.74, 6) is 1.74. The van der Waals surface area contributed by atoms with Gasteiger partial charge in [0, 0.05) is 16.7 Å². The molecule has 0 atom stereocenters. The number of hydrogen-bond acceptors (Lipinski definition) is 4. The summed E-state index contributed by atoms with van der Waals surface area (Å²) >= 11 is 1.69. The van der Waals surface area contributed by atoms with Gasteiger partial charge in [-0.05, 0) is 55.5 Å². The van der Waals surface area contributed by atoms with Gasteiger partial charge in [0.1, 0.15) is 5.75 Å². The Morgan fingerprint density at radius 2 is 1.82 bits per heavy atom. The van der Waals surface area contributed by atoms with Crippen molar-refractivity contribution in [3.63, 3.8) is 0 Å². The Labute approximate surface area is 200 Å². The maximum Gasteiger partial charge on any atom is 0.263 e. The molecule has 33 heavy (non-hydrogen) atoms. The van der Waals surface area contributed by atoms with Gasteiger partial charge in [0.2, 0.25) is 0 Å². The number of rotatable bonds is 6. The van der Waals surface area contributed by atoms with Crippen molar-refractivity contribution in [2.24, 2.45) is 0 Å². The van der Waals surface area contributed by atoms with Crippen LogP contribution in [0.4, 0.5) is 0 Å². The number of thioether (sulfide) groups is 1. The van der Waals surface area contributed by atoms with Gasteiger partial charge in [-0.3, -0.25) is 9.36 Å². The van der Waals surface area contributed by atoms with Gasteiger partial charge in [-0.15, -0.1) is 0 Å². The first-order valence-electron chi connectivity index (χ1n) is 12.2. The topological polar surface area (TPSA) is 44.1 Å². The minimum Gasteiger partial charge on any atom is -0.497 e. The molecule has 1 heterocycles. The van der Waals surface area contributed by atoms with Crippen LogP contribution in [0, 0.1) is 0 Å². The van der Waals surface area contributed by atoms with Crippen molar-refractivity contribution in [3.8, 4) is 22.7 Å². The molecule has 3 aromatic rings. The van der Waals surface area contributed by atoms with Crippen LogP contribution in [0.2, 0.25) is 0 Å². The summed E-state index contributed by atoms with van der Waals surface area (Å²) in [7, 11) is 1.66. The van der Waals surface area contributed by atoms with Crippen LogP contribution in [0.3, 0.4) is 0 Å². The Hall–Kier alpha value is -2.53. The van der Waals surface area contributed by atoms with Crippen LogP contribution in [0.15, 0.2) is 58.5 Å². The third-order valence-electron chi connectivity index (χ3n) is 7.25. The lowest BCUT2D eigenvalue weighted by atomic mass is 9.62. The highest BCUT2D eigenvalue weighted by Gasteiger charge is 2.43. The van der Waals surface area contributed by atoms with Crippen molar-refractivity contribution in [1.29, 1.82) is 0 Å². The minimum atomic E-state index is -0.104. The van der Waals surface area contributed by atoms with E-state index >= 15 is 0 Å². The van der Waals surface area contributed by atoms with Crippen molar-refractivity contribution in [2.45, 2.75) is 68.9 Å². The average molecular weight is 461 g/mol. The lowest BCUT2D eigenvalue weighted by Crippen LogP contribution is -2.42. The van der Waals surface area contributed by atoms with Gasteiger partial charge in [0.25, 0.3) is 5.56 Å². The number of ether oxygens (including phenoxy) is 1. The Kier molecular flexibility index (Phi) is 6.33. The lowest BCUT2D eigenvalue weighted by Gasteiger charge is -2.42. The lowest BCUT2D eigenvalue weighted by molar-refractivity contribution is 0.283. The van der Waals surface area contributed by atoms with Crippen LogP contribution in [-0.4, -0.2) is 22.4 Å². The summed E-state index contributed by atoms with van der Waals surface area (Å²) in [6.45, 7) is 2.19. The molecule has 0 amide bonds. The molecule has 5 rings (SSSR count). The first kappa shape index (κ1) is 22.3. The Balaban J connectivity index is 1.76. The third kappa shape index (κ3) is 4.01. The van der Waals surface area contributed by atoms with Crippen LogP contribution >= 0.6 is 11.8 Å². The van der Waals surface area contributed by atoms with Gasteiger partial charge in [-0.25, -0.2) is 4.98 Å². The Morgan fingerprint density at radius 3 is 2.55 bits per heavy atom. The summed E-state index contributed by atoms with van der Waals surface area (Å²) in [5, 5.41) is 0.792. The second kappa shape index (κ2) is 9.38. The van der Waals surface area contributed by atoms with Crippen LogP contribution in [-0.2, 0) is 11.8 Å². The number of hydrogen-bond donors (Lipinski definition) is 0. The van der Waals surface area contributed by atoms with Gasteiger partial charge in [0.05, 0.1) is 24.1 Å². The SMILES string of the molecule is CCCCSc1nc2c(c(=O)n1-c1ccc(OC)cc1)C1(CCCCC1)Cc1ccccc1-2. The second-order valence-electron chi connectivity index (χ2n) is 9.33. The molecule has 1 saturated carbocycles. The molecule has 2 aliphatic rings. The van der Waals surface area contributed by atoms with E-state index in [0.29, 0.717) is 0 Å². The van der Waals surface area contributed by atoms with Gasteiger partial charge in [-0.1, -0.05) is 68.6 Å². The van der Waals surface area contributed by atoms with E-state index in [-0.39, 0.29) is 11.0 Å². The third-order valence-corrected chi connectivity index (χ3v) is 8.28. The number of unbranched alkanes of at least 4 members (excludes halogenated alkanes) is 1. The number of aromatic nitrogens is 2. The number of benzene rings is 2. The first-order valence-corrected chi connectivity index (χ1v) is 13.2. The predicted octanol–water partition coefficient (Wildman–Crippen LogP) is 6.56. The Morgan fingerprint density at radius 1 is 1.06 bits per heavy atom. The fourth-order valence-electron chi connectivity index (χ4n) is 5.55. The second-order valence-corrected chi connectivity index (χ2v) is 10.4. The van der Waals surface area contributed by atoms with E-state index in [1.807, 2.05) is 28.8 Å². The van der Waals surface area contributed by atoms with E-state index in [9.17, 15) is 4.79 Å². The van der Waals surface area contributed by atoms with Crippen molar-refractivity contribution >= 4 is 11.8 Å². The van der Waals surface area contributed by atoms with Crippen LogP contribution in [0.5, 0.6) is 5.75 Å². The summed E-state index contributed by atoms with van der Waals surface area (Å²) in [4.78, 5) is 19.6. The zero-order valence-electron chi connectivity index (χ0n) is 19.6. The van der Waals surface area contributed by atoms with Crippen molar-refractivity contribution in [2.75, 3.05) is 12.9 Å². The fraction of sp³-hybridized carbons (Fsp3) is 0.429. The summed E-state index contributed by atoms with van der Waals surface area (Å²) in [6, 6.07) is 16.4. The van der Waals surface area contributed by atoms with Gasteiger partial charge >= 0.3 is 0 Å². The molecule has 0 N–H and O–H groups in total. The molecule has 172 valence electrons. The van der Waals surface area contributed by atoms with Gasteiger partial charge < -0.3 is 4.74 Å². The normalized spacial score (nSPS) is 16.3. The molecule has 2 aliphatic carbocycles. The maximum absolute atomic E-state index is 14.4. The summed E-state index contributed by atoms with van der Waals surface area (Å²) in [5.41, 5.74) is 5.21. The van der Waals surface area contributed by atoms with Crippen molar-refractivity contribution in [3.05, 3.63) is 70.0 Å². The molecule has 1 spiro atoms. The molecule has 0 bridgehead atoms. The highest BCUT2D eigenvalue weighted by Crippen LogP contribution is 2.49. The molecule has 0 saturated heterocycles. The standard InChI is InChI=1S/C28H32N2O2S/c1-3-4-18-33-27-29-25-23-11-7-6-10-20(23)19-28(16-8-5-9-17-28)24(25)26(31)30(27)21-12-14-22(32-2)15-13-21/h6-7,10-15H,3-5,8-9,16-19H2,1-2H3. The maximum atomic E-state index is 14.4. The van der Waals surface area contributed by atoms with Crippen LogP contribution in [0.1, 0.15) is 63.0 Å². The fourth-order valence-corrected chi connectivity index (χ4v) is 6.64. The van der Waals surface area contributed by atoms with Crippen LogP contribution < -0.4 is 10.3 Å². The molecular formula is C28H32N2O2S. The Bertz CT molecular complexity index is 1190. The van der Waals surface area contributed by atoms with E-state index in [4.69, 9.17) is 9.72 Å².